The highest BCUT2D eigenvalue weighted by Crippen LogP contribution is 2.33. The number of nitrogens with zero attached hydrogens (tertiary/aromatic N) is 3. The van der Waals surface area contributed by atoms with Gasteiger partial charge in [-0.15, -0.1) is 6.42 Å². The van der Waals surface area contributed by atoms with Crippen molar-refractivity contribution in [1.82, 2.24) is 9.55 Å². The van der Waals surface area contributed by atoms with E-state index >= 15 is 0 Å². The van der Waals surface area contributed by atoms with Gasteiger partial charge in [0.1, 0.15) is 5.82 Å². The lowest BCUT2D eigenvalue weighted by Gasteiger charge is -2.24. The highest BCUT2D eigenvalue weighted by Gasteiger charge is 2.26. The van der Waals surface area contributed by atoms with E-state index in [1.54, 1.807) is 0 Å². The van der Waals surface area contributed by atoms with Crippen LogP contribution >= 0.6 is 0 Å². The zero-order valence-corrected chi connectivity index (χ0v) is 13.5. The van der Waals surface area contributed by atoms with Crippen LogP contribution in [0.1, 0.15) is 54.7 Å². The molecule has 0 N–H and O–H groups in total. The van der Waals surface area contributed by atoms with Gasteiger partial charge in [-0.3, -0.25) is 9.56 Å². The Labute approximate surface area is 137 Å². The average molecular weight is 303 g/mol. The van der Waals surface area contributed by atoms with Crippen LogP contribution in [0.15, 0.2) is 29.4 Å². The first kappa shape index (κ1) is 14.3. The van der Waals surface area contributed by atoms with Crippen LogP contribution in [-0.4, -0.2) is 15.3 Å². The molecule has 4 rings (SSSR count). The van der Waals surface area contributed by atoms with Crippen LogP contribution in [0, 0.1) is 25.2 Å². The molecular formula is C20H21N3. The number of benzene rings is 1. The fraction of sp³-hybridized carbons (Fsp3) is 0.400. The topological polar surface area (TPSA) is 30.2 Å². The number of hydrogen-bond donors (Lipinski definition) is 0. The van der Waals surface area contributed by atoms with Crippen molar-refractivity contribution in [3.05, 3.63) is 47.0 Å². The second-order valence-electron chi connectivity index (χ2n) is 6.54. The van der Waals surface area contributed by atoms with Gasteiger partial charge in [-0.05, 0) is 38.0 Å². The maximum atomic E-state index is 5.64. The van der Waals surface area contributed by atoms with Gasteiger partial charge in [0.15, 0.2) is 0 Å². The Hall–Kier alpha value is -2.34. The van der Waals surface area contributed by atoms with Crippen molar-refractivity contribution in [2.75, 3.05) is 0 Å². The summed E-state index contributed by atoms with van der Waals surface area (Å²) in [4.78, 5) is 9.48. The lowest BCUT2D eigenvalue weighted by molar-refractivity contribution is 0.439. The number of terminal acetylenes is 1. The predicted octanol–water partition coefficient (Wildman–Crippen LogP) is 4.05. The molecular weight excluding hydrogens is 282 g/mol. The molecule has 2 aliphatic rings. The SMILES string of the molecule is C#Cc1ccc2c(c1)C(C1CCCCC1)=NCc1cnc(C)n1-2. The number of aromatic nitrogens is 2. The molecule has 0 saturated heterocycles. The van der Waals surface area contributed by atoms with Crippen molar-refractivity contribution in [3.8, 4) is 18.0 Å². The molecule has 0 bridgehead atoms. The molecule has 0 spiro atoms. The summed E-state index contributed by atoms with van der Waals surface area (Å²) in [5.74, 6) is 4.35. The summed E-state index contributed by atoms with van der Waals surface area (Å²) in [5, 5.41) is 0. The third kappa shape index (κ3) is 2.39. The number of aryl methyl sites for hydroxylation is 1. The maximum absolute atomic E-state index is 5.64. The zero-order valence-electron chi connectivity index (χ0n) is 13.5. The van der Waals surface area contributed by atoms with Crippen molar-refractivity contribution in [1.29, 1.82) is 0 Å². The standard InChI is InChI=1S/C20H21N3/c1-3-15-9-10-19-18(11-15)20(16-7-5-4-6-8-16)22-13-17-12-21-14(2)23(17)19/h1,9-12,16H,4-8,13H2,2H3. The molecule has 1 saturated carbocycles. The van der Waals surface area contributed by atoms with Crippen molar-refractivity contribution in [3.63, 3.8) is 0 Å². The molecule has 3 heteroatoms. The van der Waals surface area contributed by atoms with Gasteiger partial charge in [-0.25, -0.2) is 4.98 Å². The van der Waals surface area contributed by atoms with E-state index in [0.717, 1.165) is 17.1 Å². The molecule has 1 aromatic carbocycles. The Kier molecular flexibility index (Phi) is 3.53. The molecule has 0 atom stereocenters. The lowest BCUT2D eigenvalue weighted by Crippen LogP contribution is -2.20. The molecule has 1 fully saturated rings. The Balaban J connectivity index is 1.90. The summed E-state index contributed by atoms with van der Waals surface area (Å²) in [6.45, 7) is 2.75. The number of aliphatic imine (C=N–C) groups is 1. The Morgan fingerprint density at radius 1 is 1.22 bits per heavy atom. The van der Waals surface area contributed by atoms with Gasteiger partial charge in [0.2, 0.25) is 0 Å². The second kappa shape index (κ2) is 5.70. The number of hydrogen-bond acceptors (Lipinski definition) is 2. The van der Waals surface area contributed by atoms with E-state index in [9.17, 15) is 0 Å². The molecule has 0 amide bonds. The van der Waals surface area contributed by atoms with Crippen LogP contribution in [-0.2, 0) is 6.54 Å². The van der Waals surface area contributed by atoms with E-state index in [-0.39, 0.29) is 0 Å². The van der Waals surface area contributed by atoms with E-state index in [2.05, 4.69) is 27.6 Å². The highest BCUT2D eigenvalue weighted by atomic mass is 15.1. The average Bonchev–Trinajstić information content (AvgIpc) is 2.88. The summed E-state index contributed by atoms with van der Waals surface area (Å²) in [7, 11) is 0. The van der Waals surface area contributed by atoms with Gasteiger partial charge in [0.25, 0.3) is 0 Å². The van der Waals surface area contributed by atoms with Crippen molar-refractivity contribution >= 4 is 5.71 Å². The van der Waals surface area contributed by atoms with Crippen molar-refractivity contribution in [2.45, 2.75) is 45.6 Å². The largest absolute Gasteiger partial charge is 0.298 e. The molecule has 3 nitrogen and oxygen atoms in total. The van der Waals surface area contributed by atoms with E-state index in [4.69, 9.17) is 11.4 Å². The summed E-state index contributed by atoms with van der Waals surface area (Å²) < 4.78 is 2.23. The molecule has 1 aliphatic heterocycles. The minimum absolute atomic E-state index is 0.563. The van der Waals surface area contributed by atoms with Crippen LogP contribution in [0.3, 0.4) is 0 Å². The van der Waals surface area contributed by atoms with Gasteiger partial charge in [0.05, 0.1) is 24.1 Å². The molecule has 1 aromatic heterocycles. The van der Waals surface area contributed by atoms with Gasteiger partial charge in [0, 0.05) is 22.8 Å². The molecule has 2 heterocycles. The summed E-state index contributed by atoms with van der Waals surface area (Å²) in [6, 6.07) is 6.29. The molecule has 0 radical (unpaired) electrons. The summed E-state index contributed by atoms with van der Waals surface area (Å²) in [5.41, 5.74) is 5.71. The van der Waals surface area contributed by atoms with Crippen LogP contribution in [0.4, 0.5) is 0 Å². The first-order valence-corrected chi connectivity index (χ1v) is 8.47. The van der Waals surface area contributed by atoms with E-state index in [1.807, 2.05) is 19.2 Å². The first-order valence-electron chi connectivity index (χ1n) is 8.47. The number of imidazole rings is 1. The van der Waals surface area contributed by atoms with Gasteiger partial charge in [-0.2, -0.15) is 0 Å². The third-order valence-corrected chi connectivity index (χ3v) is 5.09. The monoisotopic (exact) mass is 303 g/mol. The Morgan fingerprint density at radius 2 is 2.04 bits per heavy atom. The van der Waals surface area contributed by atoms with Crippen molar-refractivity contribution < 1.29 is 0 Å². The number of fused-ring (bicyclic) bond motifs is 3. The minimum atomic E-state index is 0.563. The van der Waals surface area contributed by atoms with Crippen molar-refractivity contribution in [2.24, 2.45) is 10.9 Å². The van der Waals surface area contributed by atoms with Crippen LogP contribution in [0.5, 0.6) is 0 Å². The lowest BCUT2D eigenvalue weighted by atomic mass is 9.82. The maximum Gasteiger partial charge on any atom is 0.110 e. The number of rotatable bonds is 1. The quantitative estimate of drug-likeness (QED) is 0.731. The molecule has 2 aromatic rings. The predicted molar refractivity (Wildman–Crippen MR) is 93.1 cm³/mol. The summed E-state index contributed by atoms with van der Waals surface area (Å²) in [6.07, 6.45) is 14.0. The Bertz CT molecular complexity index is 814. The fourth-order valence-electron chi connectivity index (χ4n) is 3.93. The fourth-order valence-corrected chi connectivity index (χ4v) is 3.93. The molecule has 0 unspecified atom stereocenters. The van der Waals surface area contributed by atoms with Crippen LogP contribution in [0.25, 0.3) is 5.69 Å². The normalized spacial score (nSPS) is 17.7. The van der Waals surface area contributed by atoms with Gasteiger partial charge in [-0.1, -0.05) is 25.2 Å². The zero-order chi connectivity index (χ0) is 15.8. The van der Waals surface area contributed by atoms with Crippen LogP contribution in [0.2, 0.25) is 0 Å². The van der Waals surface area contributed by atoms with E-state index in [0.29, 0.717) is 12.5 Å². The minimum Gasteiger partial charge on any atom is -0.298 e. The second-order valence-corrected chi connectivity index (χ2v) is 6.54. The first-order chi connectivity index (χ1) is 11.3. The van der Waals surface area contributed by atoms with Gasteiger partial charge < -0.3 is 0 Å². The molecule has 23 heavy (non-hydrogen) atoms. The summed E-state index contributed by atoms with van der Waals surface area (Å²) >= 11 is 0. The smallest absolute Gasteiger partial charge is 0.110 e. The Morgan fingerprint density at radius 3 is 2.83 bits per heavy atom. The molecule has 116 valence electrons. The van der Waals surface area contributed by atoms with Gasteiger partial charge >= 0.3 is 0 Å². The van der Waals surface area contributed by atoms with E-state index in [1.165, 1.54) is 49.1 Å². The third-order valence-electron chi connectivity index (χ3n) is 5.09. The van der Waals surface area contributed by atoms with Crippen LogP contribution < -0.4 is 0 Å². The molecule has 1 aliphatic carbocycles. The van der Waals surface area contributed by atoms with E-state index < -0.39 is 0 Å². The highest BCUT2D eigenvalue weighted by molar-refractivity contribution is 6.05.